The number of thiophene rings is 1. The molecule has 1 aromatic rings. The van der Waals surface area contributed by atoms with Crippen LogP contribution in [0.3, 0.4) is 0 Å². The summed E-state index contributed by atoms with van der Waals surface area (Å²) in [5, 5.41) is 0. The highest BCUT2D eigenvalue weighted by Gasteiger charge is 2.28. The van der Waals surface area contributed by atoms with Gasteiger partial charge < -0.3 is 10.5 Å². The van der Waals surface area contributed by atoms with Gasteiger partial charge in [0.1, 0.15) is 0 Å². The summed E-state index contributed by atoms with van der Waals surface area (Å²) in [6, 6.07) is 5.11. The van der Waals surface area contributed by atoms with Crippen LogP contribution in [-0.4, -0.2) is 37.2 Å². The third kappa shape index (κ3) is 4.83. The summed E-state index contributed by atoms with van der Waals surface area (Å²) in [5.41, 5.74) is 6.25. The molecule has 0 aliphatic carbocycles. The van der Waals surface area contributed by atoms with Crippen LogP contribution in [0.2, 0.25) is 0 Å². The number of methoxy groups -OCH3 is 1. The molecule has 3 nitrogen and oxygen atoms in total. The van der Waals surface area contributed by atoms with E-state index in [1.807, 2.05) is 0 Å². The predicted octanol–water partition coefficient (Wildman–Crippen LogP) is 3.65. The van der Waals surface area contributed by atoms with Crippen molar-refractivity contribution in [1.82, 2.24) is 4.90 Å². The number of ether oxygens (including phenoxy) is 1. The fourth-order valence-electron chi connectivity index (χ4n) is 2.28. The SMILES string of the molecule is CCC(C)N(CCOC)C(c1ccc(Br)s1)C(C)N. The quantitative estimate of drug-likeness (QED) is 0.779. The molecule has 3 atom stereocenters. The molecule has 19 heavy (non-hydrogen) atoms. The molecule has 110 valence electrons. The Morgan fingerprint density at radius 3 is 2.53 bits per heavy atom. The lowest BCUT2D eigenvalue weighted by molar-refractivity contribution is 0.0801. The van der Waals surface area contributed by atoms with Gasteiger partial charge in [0.05, 0.1) is 16.4 Å². The molecule has 0 aromatic carbocycles. The van der Waals surface area contributed by atoms with Crippen molar-refractivity contribution in [3.8, 4) is 0 Å². The zero-order valence-electron chi connectivity index (χ0n) is 12.2. The first-order chi connectivity index (χ1) is 9.01. The highest BCUT2D eigenvalue weighted by Crippen LogP contribution is 2.33. The van der Waals surface area contributed by atoms with Gasteiger partial charge in [0, 0.05) is 30.6 Å². The maximum atomic E-state index is 6.25. The highest BCUT2D eigenvalue weighted by atomic mass is 79.9. The Bertz CT molecular complexity index is 370. The Morgan fingerprint density at radius 2 is 2.11 bits per heavy atom. The normalized spacial score (nSPS) is 16.6. The Morgan fingerprint density at radius 1 is 1.42 bits per heavy atom. The van der Waals surface area contributed by atoms with Gasteiger partial charge in [-0.25, -0.2) is 0 Å². The summed E-state index contributed by atoms with van der Waals surface area (Å²) in [6.45, 7) is 8.20. The monoisotopic (exact) mass is 348 g/mol. The summed E-state index contributed by atoms with van der Waals surface area (Å²) in [7, 11) is 1.75. The summed E-state index contributed by atoms with van der Waals surface area (Å²) in [5.74, 6) is 0. The Balaban J connectivity index is 2.97. The van der Waals surface area contributed by atoms with Crippen molar-refractivity contribution in [2.45, 2.75) is 45.3 Å². The lowest BCUT2D eigenvalue weighted by Gasteiger charge is -2.37. The molecule has 1 heterocycles. The standard InChI is InChI=1S/C14H25BrN2OS/c1-5-10(2)17(8-9-18-4)14(11(3)16)12-6-7-13(15)19-12/h6-7,10-11,14H,5,8-9,16H2,1-4H3. The molecule has 3 unspecified atom stereocenters. The van der Waals surface area contributed by atoms with Crippen molar-refractivity contribution >= 4 is 27.3 Å². The highest BCUT2D eigenvalue weighted by molar-refractivity contribution is 9.11. The van der Waals surface area contributed by atoms with E-state index in [4.69, 9.17) is 10.5 Å². The number of hydrogen-bond donors (Lipinski definition) is 1. The summed E-state index contributed by atoms with van der Waals surface area (Å²) in [6.07, 6.45) is 1.11. The van der Waals surface area contributed by atoms with Gasteiger partial charge in [-0.3, -0.25) is 4.90 Å². The van der Waals surface area contributed by atoms with Crippen molar-refractivity contribution in [2.75, 3.05) is 20.3 Å². The molecule has 0 bridgehead atoms. The second kappa shape index (κ2) is 8.37. The van der Waals surface area contributed by atoms with Gasteiger partial charge in [0.2, 0.25) is 0 Å². The maximum Gasteiger partial charge on any atom is 0.0702 e. The van der Waals surface area contributed by atoms with Crippen molar-refractivity contribution in [1.29, 1.82) is 0 Å². The fourth-order valence-corrected chi connectivity index (χ4v) is 3.94. The minimum absolute atomic E-state index is 0.0939. The predicted molar refractivity (Wildman–Crippen MR) is 86.7 cm³/mol. The Labute approximate surface area is 129 Å². The molecule has 2 N–H and O–H groups in total. The average molecular weight is 349 g/mol. The minimum atomic E-state index is 0.0939. The van der Waals surface area contributed by atoms with Crippen molar-refractivity contribution in [3.63, 3.8) is 0 Å². The van der Waals surface area contributed by atoms with Crippen molar-refractivity contribution < 1.29 is 4.74 Å². The van der Waals surface area contributed by atoms with Gasteiger partial charge in [0.15, 0.2) is 0 Å². The van der Waals surface area contributed by atoms with E-state index in [9.17, 15) is 0 Å². The first-order valence-electron chi connectivity index (χ1n) is 6.76. The number of halogens is 1. The third-order valence-corrected chi connectivity index (χ3v) is 5.15. The van der Waals surface area contributed by atoms with E-state index >= 15 is 0 Å². The molecular formula is C14H25BrN2OS. The number of nitrogens with two attached hydrogens (primary N) is 1. The van der Waals surface area contributed by atoms with E-state index in [0.717, 1.165) is 23.4 Å². The van der Waals surface area contributed by atoms with Crippen LogP contribution in [0.1, 0.15) is 38.1 Å². The molecule has 1 rings (SSSR count). The van der Waals surface area contributed by atoms with Crippen molar-refractivity contribution in [2.24, 2.45) is 5.73 Å². The van der Waals surface area contributed by atoms with E-state index < -0.39 is 0 Å². The first-order valence-corrected chi connectivity index (χ1v) is 8.37. The number of hydrogen-bond acceptors (Lipinski definition) is 4. The smallest absolute Gasteiger partial charge is 0.0702 e. The van der Waals surface area contributed by atoms with Crippen LogP contribution >= 0.6 is 27.3 Å². The van der Waals surface area contributed by atoms with Crippen LogP contribution in [0.4, 0.5) is 0 Å². The molecule has 0 saturated carbocycles. The van der Waals surface area contributed by atoms with Gasteiger partial charge in [-0.05, 0) is 48.3 Å². The number of nitrogens with zero attached hydrogens (tertiary/aromatic N) is 1. The van der Waals surface area contributed by atoms with E-state index in [1.54, 1.807) is 18.4 Å². The second-order valence-corrected chi connectivity index (χ2v) is 7.43. The van der Waals surface area contributed by atoms with Crippen LogP contribution in [0, 0.1) is 0 Å². The molecule has 0 saturated heterocycles. The zero-order valence-corrected chi connectivity index (χ0v) is 14.6. The largest absolute Gasteiger partial charge is 0.383 e. The van der Waals surface area contributed by atoms with Gasteiger partial charge >= 0.3 is 0 Å². The van der Waals surface area contributed by atoms with Gasteiger partial charge in [0.25, 0.3) is 0 Å². The lowest BCUT2D eigenvalue weighted by Crippen LogP contribution is -2.45. The second-order valence-electron chi connectivity index (χ2n) is 4.93. The van der Waals surface area contributed by atoms with Crippen LogP contribution < -0.4 is 5.73 Å². The average Bonchev–Trinajstić information content (AvgIpc) is 2.79. The molecule has 0 fully saturated rings. The molecular weight excluding hydrogens is 324 g/mol. The molecule has 0 aliphatic rings. The fraction of sp³-hybridized carbons (Fsp3) is 0.714. The van der Waals surface area contributed by atoms with Crippen LogP contribution in [-0.2, 0) is 4.74 Å². The van der Waals surface area contributed by atoms with Crippen molar-refractivity contribution in [3.05, 3.63) is 20.8 Å². The summed E-state index contributed by atoms with van der Waals surface area (Å²) in [4.78, 5) is 3.78. The lowest BCUT2D eigenvalue weighted by atomic mass is 10.0. The number of rotatable bonds is 8. The minimum Gasteiger partial charge on any atom is -0.383 e. The maximum absolute atomic E-state index is 6.25. The molecule has 0 radical (unpaired) electrons. The molecule has 0 aliphatic heterocycles. The van der Waals surface area contributed by atoms with Gasteiger partial charge in [-0.2, -0.15) is 0 Å². The van der Waals surface area contributed by atoms with Gasteiger partial charge in [-0.15, -0.1) is 11.3 Å². The molecule has 0 spiro atoms. The molecule has 1 aromatic heterocycles. The summed E-state index contributed by atoms with van der Waals surface area (Å²) < 4.78 is 6.41. The summed E-state index contributed by atoms with van der Waals surface area (Å²) >= 11 is 5.31. The Kier molecular flexibility index (Phi) is 7.54. The topological polar surface area (TPSA) is 38.5 Å². The molecule has 5 heteroatoms. The zero-order chi connectivity index (χ0) is 14.4. The van der Waals surface area contributed by atoms with E-state index in [2.05, 4.69) is 53.7 Å². The molecule has 0 amide bonds. The van der Waals surface area contributed by atoms with Gasteiger partial charge in [-0.1, -0.05) is 6.92 Å². The van der Waals surface area contributed by atoms with E-state index in [0.29, 0.717) is 6.04 Å². The third-order valence-electron chi connectivity index (χ3n) is 3.45. The van der Waals surface area contributed by atoms with Crippen LogP contribution in [0.15, 0.2) is 15.9 Å². The Hall–Kier alpha value is 0.0600. The first kappa shape index (κ1) is 17.1. The van der Waals surface area contributed by atoms with Crippen LogP contribution in [0.5, 0.6) is 0 Å². The van der Waals surface area contributed by atoms with E-state index in [-0.39, 0.29) is 12.1 Å². The van der Waals surface area contributed by atoms with Crippen LogP contribution in [0.25, 0.3) is 0 Å². The van der Waals surface area contributed by atoms with E-state index in [1.165, 1.54) is 4.88 Å².